The first-order valence-corrected chi connectivity index (χ1v) is 12.8. The second-order valence-corrected chi connectivity index (χ2v) is 10.1. The Balaban J connectivity index is 1.43. The van der Waals surface area contributed by atoms with E-state index in [1.165, 1.54) is 19.2 Å². The molecule has 0 saturated carbocycles. The third-order valence-electron chi connectivity index (χ3n) is 6.22. The average molecular weight is 525 g/mol. The van der Waals surface area contributed by atoms with Gasteiger partial charge in [-0.15, -0.1) is 10.2 Å². The van der Waals surface area contributed by atoms with E-state index in [0.717, 1.165) is 38.9 Å². The van der Waals surface area contributed by atoms with E-state index in [4.69, 9.17) is 9.72 Å². The molecule has 0 radical (unpaired) electrons. The Morgan fingerprint density at radius 2 is 1.42 bits per heavy atom. The molecule has 0 aliphatic carbocycles. The number of nitrogens with zero attached hydrogens (tertiary/aromatic N) is 4. The lowest BCUT2D eigenvalue weighted by Gasteiger charge is -2.15. The van der Waals surface area contributed by atoms with Crippen LogP contribution >= 0.6 is 11.8 Å². The third kappa shape index (κ3) is 5.05. The van der Waals surface area contributed by atoms with Gasteiger partial charge in [0.05, 0.1) is 18.4 Å². The average Bonchev–Trinajstić information content (AvgIpc) is 3.21. The minimum absolute atomic E-state index is 0.00515. The van der Waals surface area contributed by atoms with Crippen LogP contribution in [-0.2, 0) is 14.3 Å². The Kier molecular flexibility index (Phi) is 7.02. The van der Waals surface area contributed by atoms with Crippen molar-refractivity contribution in [3.8, 4) is 22.5 Å². The fraction of sp³-hybridized carbons (Fsp3) is 0.172. The minimum Gasteiger partial charge on any atom is -0.465 e. The Labute approximate surface area is 224 Å². The summed E-state index contributed by atoms with van der Waals surface area (Å²) in [5.41, 5.74) is 6.03. The Morgan fingerprint density at radius 1 is 0.842 bits per heavy atom. The molecule has 1 aromatic heterocycles. The van der Waals surface area contributed by atoms with E-state index in [-0.39, 0.29) is 18.2 Å². The van der Waals surface area contributed by atoms with Crippen molar-refractivity contribution in [2.45, 2.75) is 30.7 Å². The van der Waals surface area contributed by atoms with Crippen molar-refractivity contribution < 1.29 is 19.1 Å². The number of esters is 1. The molecule has 3 aromatic carbocycles. The van der Waals surface area contributed by atoms with Crippen LogP contribution < -0.4 is 4.90 Å². The number of carbonyl (C=O) groups excluding carboxylic acids is 3. The van der Waals surface area contributed by atoms with Gasteiger partial charge in [-0.3, -0.25) is 9.59 Å². The minimum atomic E-state index is -0.694. The number of anilines is 1. The first-order valence-electron chi connectivity index (χ1n) is 11.9. The van der Waals surface area contributed by atoms with E-state index in [1.807, 2.05) is 62.4 Å². The Bertz CT molecular complexity index is 1520. The molecular weight excluding hydrogens is 500 g/mol. The van der Waals surface area contributed by atoms with Crippen molar-refractivity contribution in [2.24, 2.45) is 0 Å². The molecule has 8 nitrogen and oxygen atoms in total. The molecule has 9 heteroatoms. The van der Waals surface area contributed by atoms with Gasteiger partial charge in [0.25, 0.3) is 0 Å². The van der Waals surface area contributed by atoms with Gasteiger partial charge in [-0.25, -0.2) is 14.7 Å². The third-order valence-corrected chi connectivity index (χ3v) is 7.25. The molecule has 38 heavy (non-hydrogen) atoms. The van der Waals surface area contributed by atoms with Gasteiger partial charge >= 0.3 is 5.97 Å². The van der Waals surface area contributed by atoms with Crippen LogP contribution in [0.3, 0.4) is 0 Å². The maximum atomic E-state index is 13.2. The van der Waals surface area contributed by atoms with Gasteiger partial charge in [0.15, 0.2) is 0 Å². The lowest BCUT2D eigenvalue weighted by atomic mass is 10.0. The molecule has 0 spiro atoms. The number of methoxy groups -OCH3 is 1. The number of thioether (sulfide) groups is 1. The summed E-state index contributed by atoms with van der Waals surface area (Å²) in [6.45, 7) is 4.03. The van der Waals surface area contributed by atoms with Crippen molar-refractivity contribution in [3.63, 3.8) is 0 Å². The summed E-state index contributed by atoms with van der Waals surface area (Å²) >= 11 is 1.12. The maximum Gasteiger partial charge on any atom is 0.337 e. The fourth-order valence-corrected chi connectivity index (χ4v) is 5.06. The molecule has 2 amide bonds. The van der Waals surface area contributed by atoms with E-state index in [1.54, 1.807) is 12.1 Å². The molecule has 1 fully saturated rings. The number of ether oxygens (including phenoxy) is 1. The summed E-state index contributed by atoms with van der Waals surface area (Å²) < 4.78 is 4.71. The highest BCUT2D eigenvalue weighted by molar-refractivity contribution is 8.00. The summed E-state index contributed by atoms with van der Waals surface area (Å²) in [7, 11) is 1.29. The second-order valence-electron chi connectivity index (χ2n) is 8.94. The number of carbonyl (C=O) groups is 3. The molecule has 0 bridgehead atoms. The van der Waals surface area contributed by atoms with Gasteiger partial charge < -0.3 is 4.74 Å². The summed E-state index contributed by atoms with van der Waals surface area (Å²) in [5, 5.41) is 8.42. The molecule has 0 N–H and O–H groups in total. The number of hydrogen-bond donors (Lipinski definition) is 0. The van der Waals surface area contributed by atoms with Crippen LogP contribution in [-0.4, -0.2) is 45.3 Å². The highest BCUT2D eigenvalue weighted by Crippen LogP contribution is 2.35. The van der Waals surface area contributed by atoms with Crippen LogP contribution in [0.1, 0.15) is 27.9 Å². The fourth-order valence-electron chi connectivity index (χ4n) is 4.14. The zero-order valence-corrected chi connectivity index (χ0v) is 21.9. The Hall–Kier alpha value is -4.37. The van der Waals surface area contributed by atoms with Crippen LogP contribution in [0.2, 0.25) is 0 Å². The van der Waals surface area contributed by atoms with Crippen LogP contribution in [0.4, 0.5) is 5.69 Å². The molecule has 1 saturated heterocycles. The van der Waals surface area contributed by atoms with Crippen molar-refractivity contribution in [1.82, 2.24) is 15.2 Å². The molecule has 5 rings (SSSR count). The quantitative estimate of drug-likeness (QED) is 0.256. The predicted octanol–water partition coefficient (Wildman–Crippen LogP) is 5.03. The van der Waals surface area contributed by atoms with E-state index >= 15 is 0 Å². The van der Waals surface area contributed by atoms with E-state index < -0.39 is 11.2 Å². The summed E-state index contributed by atoms with van der Waals surface area (Å²) in [5.74, 6) is -1.19. The molecule has 4 aromatic rings. The summed E-state index contributed by atoms with van der Waals surface area (Å²) in [6.07, 6.45) is 0.00515. The molecule has 1 atom stereocenters. The number of imide groups is 1. The molecule has 1 aliphatic heterocycles. The highest BCUT2D eigenvalue weighted by Gasteiger charge is 2.41. The SMILES string of the molecule is COC(=O)c1ccc(N2C(=O)C[C@H](Sc3nnc(-c4ccc(C)cc4)c(-c4ccc(C)cc4)n3)C2=O)cc1. The van der Waals surface area contributed by atoms with E-state index in [2.05, 4.69) is 10.2 Å². The van der Waals surface area contributed by atoms with Gasteiger partial charge in [0.2, 0.25) is 17.0 Å². The van der Waals surface area contributed by atoms with Crippen LogP contribution in [0.5, 0.6) is 0 Å². The second kappa shape index (κ2) is 10.5. The van der Waals surface area contributed by atoms with Crippen molar-refractivity contribution >= 4 is 35.2 Å². The van der Waals surface area contributed by atoms with Gasteiger partial charge in [0.1, 0.15) is 16.6 Å². The Morgan fingerprint density at radius 3 is 2.00 bits per heavy atom. The lowest BCUT2D eigenvalue weighted by Crippen LogP contribution is -2.31. The number of amides is 2. The smallest absolute Gasteiger partial charge is 0.337 e. The molecule has 2 heterocycles. The maximum absolute atomic E-state index is 13.2. The topological polar surface area (TPSA) is 102 Å². The zero-order valence-electron chi connectivity index (χ0n) is 21.0. The van der Waals surface area contributed by atoms with E-state index in [0.29, 0.717) is 27.8 Å². The van der Waals surface area contributed by atoms with Gasteiger partial charge in [0, 0.05) is 17.5 Å². The van der Waals surface area contributed by atoms with Crippen molar-refractivity contribution in [1.29, 1.82) is 0 Å². The van der Waals surface area contributed by atoms with Crippen LogP contribution in [0, 0.1) is 13.8 Å². The van der Waals surface area contributed by atoms with Crippen LogP contribution in [0.25, 0.3) is 22.5 Å². The van der Waals surface area contributed by atoms with Crippen LogP contribution in [0.15, 0.2) is 78.0 Å². The number of aryl methyl sites for hydroxylation is 2. The molecule has 1 aliphatic rings. The normalized spacial score (nSPS) is 15.1. The predicted molar refractivity (Wildman–Crippen MR) is 145 cm³/mol. The number of hydrogen-bond acceptors (Lipinski definition) is 8. The molecule has 190 valence electrons. The standard InChI is InChI=1S/C29H24N4O4S/c1-17-4-8-19(9-5-17)25-26(20-10-6-18(2)7-11-20)31-32-29(30-25)38-23-16-24(34)33(27(23)35)22-14-12-21(13-15-22)28(36)37-3/h4-15,23H,16H2,1-3H3/t23-/m0/s1. The van der Waals surface area contributed by atoms with Gasteiger partial charge in [-0.1, -0.05) is 71.4 Å². The molecular formula is C29H24N4O4S. The van der Waals surface area contributed by atoms with E-state index in [9.17, 15) is 14.4 Å². The number of benzene rings is 3. The number of rotatable bonds is 6. The van der Waals surface area contributed by atoms with Crippen molar-refractivity contribution in [3.05, 3.63) is 89.5 Å². The number of aromatic nitrogens is 3. The lowest BCUT2D eigenvalue weighted by molar-refractivity contribution is -0.121. The summed E-state index contributed by atoms with van der Waals surface area (Å²) in [4.78, 5) is 43.7. The highest BCUT2D eigenvalue weighted by atomic mass is 32.2. The largest absolute Gasteiger partial charge is 0.465 e. The first-order chi connectivity index (χ1) is 18.3. The van der Waals surface area contributed by atoms with Gasteiger partial charge in [-0.2, -0.15) is 0 Å². The van der Waals surface area contributed by atoms with Gasteiger partial charge in [-0.05, 0) is 38.1 Å². The zero-order chi connectivity index (χ0) is 26.8. The first kappa shape index (κ1) is 25.3. The molecule has 0 unspecified atom stereocenters. The monoisotopic (exact) mass is 524 g/mol. The summed E-state index contributed by atoms with van der Waals surface area (Å²) in [6, 6.07) is 22.1. The van der Waals surface area contributed by atoms with Crippen molar-refractivity contribution in [2.75, 3.05) is 12.0 Å².